The summed E-state index contributed by atoms with van der Waals surface area (Å²) in [6, 6.07) is 11.4. The predicted octanol–water partition coefficient (Wildman–Crippen LogP) is 1.89. The second-order valence-corrected chi connectivity index (χ2v) is 7.23. The van der Waals surface area contributed by atoms with Crippen LogP contribution in [-0.4, -0.2) is 52.7 Å². The largest absolute Gasteiger partial charge is 0.469 e. The number of hydrogen-bond acceptors (Lipinski definition) is 6. The smallest absolute Gasteiger partial charge is 0.311 e. The van der Waals surface area contributed by atoms with Crippen molar-refractivity contribution in [3.05, 3.63) is 64.1 Å². The third-order valence-electron chi connectivity index (χ3n) is 4.36. The van der Waals surface area contributed by atoms with Crippen molar-refractivity contribution in [2.24, 2.45) is 0 Å². The zero-order valence-electron chi connectivity index (χ0n) is 15.5. The van der Waals surface area contributed by atoms with E-state index in [1.54, 1.807) is 4.90 Å². The molecule has 0 saturated heterocycles. The lowest BCUT2D eigenvalue weighted by atomic mass is 10.00. The summed E-state index contributed by atoms with van der Waals surface area (Å²) in [5.74, 6) is -0.326. The molecule has 1 aliphatic rings. The Morgan fingerprint density at radius 3 is 2.75 bits per heavy atom. The summed E-state index contributed by atoms with van der Waals surface area (Å²) >= 11 is 1.15. The number of H-pyrrole nitrogens is 1. The van der Waals surface area contributed by atoms with E-state index < -0.39 is 5.97 Å². The Hall–Kier alpha value is -2.87. The minimum atomic E-state index is -0.473. The SMILES string of the molecule is COC(=O)Cc1cc(=O)[nH]c(SCC(=O)N2CC=C(c3ccccc3)CC2)n1. The van der Waals surface area contributed by atoms with Gasteiger partial charge in [0.1, 0.15) is 0 Å². The van der Waals surface area contributed by atoms with Crippen LogP contribution in [-0.2, 0) is 20.7 Å². The van der Waals surface area contributed by atoms with E-state index in [1.165, 1.54) is 24.3 Å². The molecule has 1 aromatic carbocycles. The average molecular weight is 399 g/mol. The number of carbonyl (C=O) groups is 2. The van der Waals surface area contributed by atoms with Gasteiger partial charge < -0.3 is 14.6 Å². The number of methoxy groups -OCH3 is 1. The molecule has 0 radical (unpaired) electrons. The highest BCUT2D eigenvalue weighted by Gasteiger charge is 2.18. The minimum absolute atomic E-state index is 0.0191. The van der Waals surface area contributed by atoms with Gasteiger partial charge in [-0.1, -0.05) is 48.2 Å². The van der Waals surface area contributed by atoms with Gasteiger partial charge >= 0.3 is 5.97 Å². The highest BCUT2D eigenvalue weighted by atomic mass is 32.2. The molecule has 1 aliphatic heterocycles. The Morgan fingerprint density at radius 2 is 2.07 bits per heavy atom. The third kappa shape index (κ3) is 5.32. The molecular weight excluding hydrogens is 378 g/mol. The monoisotopic (exact) mass is 399 g/mol. The van der Waals surface area contributed by atoms with Crippen molar-refractivity contribution in [2.75, 3.05) is 26.0 Å². The average Bonchev–Trinajstić information content (AvgIpc) is 2.72. The van der Waals surface area contributed by atoms with E-state index in [2.05, 4.69) is 32.9 Å². The number of nitrogens with zero attached hydrogens (tertiary/aromatic N) is 2. The lowest BCUT2D eigenvalue weighted by Crippen LogP contribution is -2.36. The molecule has 7 nitrogen and oxygen atoms in total. The van der Waals surface area contributed by atoms with Gasteiger partial charge in [0.05, 0.1) is 25.0 Å². The van der Waals surface area contributed by atoms with Crippen molar-refractivity contribution >= 4 is 29.2 Å². The fourth-order valence-electron chi connectivity index (χ4n) is 2.89. The second kappa shape index (κ2) is 9.36. The fourth-order valence-corrected chi connectivity index (χ4v) is 3.69. The number of benzene rings is 1. The first-order chi connectivity index (χ1) is 13.5. The molecule has 0 aliphatic carbocycles. The van der Waals surface area contributed by atoms with E-state index in [0.29, 0.717) is 23.9 Å². The van der Waals surface area contributed by atoms with Crippen molar-refractivity contribution in [3.63, 3.8) is 0 Å². The van der Waals surface area contributed by atoms with E-state index >= 15 is 0 Å². The summed E-state index contributed by atoms with van der Waals surface area (Å²) < 4.78 is 4.59. The first kappa shape index (κ1) is 19.9. The maximum Gasteiger partial charge on any atom is 0.311 e. The summed E-state index contributed by atoms with van der Waals surface area (Å²) in [5, 5.41) is 0.317. The molecule has 146 valence electrons. The highest BCUT2D eigenvalue weighted by Crippen LogP contribution is 2.22. The second-order valence-electron chi connectivity index (χ2n) is 6.27. The lowest BCUT2D eigenvalue weighted by molar-refractivity contribution is -0.139. The van der Waals surface area contributed by atoms with Gasteiger partial charge in [-0.3, -0.25) is 14.4 Å². The molecule has 0 bridgehead atoms. The van der Waals surface area contributed by atoms with Crippen LogP contribution in [0.5, 0.6) is 0 Å². The van der Waals surface area contributed by atoms with E-state index in [0.717, 1.165) is 18.2 Å². The topological polar surface area (TPSA) is 92.4 Å². The number of carbonyl (C=O) groups excluding carboxylic acids is 2. The van der Waals surface area contributed by atoms with Crippen LogP contribution < -0.4 is 5.56 Å². The molecule has 8 heteroatoms. The Kier molecular flexibility index (Phi) is 6.65. The van der Waals surface area contributed by atoms with Gasteiger partial charge in [0.2, 0.25) is 5.91 Å². The lowest BCUT2D eigenvalue weighted by Gasteiger charge is -2.26. The van der Waals surface area contributed by atoms with Crippen molar-refractivity contribution in [1.29, 1.82) is 0 Å². The van der Waals surface area contributed by atoms with Crippen molar-refractivity contribution in [3.8, 4) is 0 Å². The van der Waals surface area contributed by atoms with Gasteiger partial charge in [-0.05, 0) is 17.6 Å². The van der Waals surface area contributed by atoms with Crippen LogP contribution in [0.4, 0.5) is 0 Å². The summed E-state index contributed by atoms with van der Waals surface area (Å²) in [4.78, 5) is 44.2. The van der Waals surface area contributed by atoms with E-state index in [9.17, 15) is 14.4 Å². The van der Waals surface area contributed by atoms with Crippen LogP contribution >= 0.6 is 11.8 Å². The number of thioether (sulfide) groups is 1. The van der Waals surface area contributed by atoms with Gasteiger partial charge in [-0.15, -0.1) is 0 Å². The predicted molar refractivity (Wildman–Crippen MR) is 107 cm³/mol. The number of nitrogens with one attached hydrogen (secondary N) is 1. The molecule has 0 atom stereocenters. The molecule has 1 amide bonds. The third-order valence-corrected chi connectivity index (χ3v) is 5.22. The summed E-state index contributed by atoms with van der Waals surface area (Å²) in [6.45, 7) is 1.22. The zero-order valence-corrected chi connectivity index (χ0v) is 16.3. The van der Waals surface area contributed by atoms with Gasteiger partial charge in [0, 0.05) is 19.2 Å². The van der Waals surface area contributed by atoms with Crippen LogP contribution in [0.1, 0.15) is 17.7 Å². The van der Waals surface area contributed by atoms with Crippen LogP contribution in [0.2, 0.25) is 0 Å². The van der Waals surface area contributed by atoms with E-state index in [4.69, 9.17) is 0 Å². The minimum Gasteiger partial charge on any atom is -0.469 e. The Bertz CT molecular complexity index is 940. The molecule has 0 unspecified atom stereocenters. The molecule has 1 aromatic heterocycles. The van der Waals surface area contributed by atoms with E-state index in [1.807, 2.05) is 18.2 Å². The first-order valence-corrected chi connectivity index (χ1v) is 9.86. The molecule has 3 rings (SSSR count). The quantitative estimate of drug-likeness (QED) is 0.453. The van der Waals surface area contributed by atoms with E-state index in [-0.39, 0.29) is 23.6 Å². The standard InChI is InChI=1S/C20H21N3O4S/c1-27-19(26)12-16-11-17(24)22-20(21-16)28-13-18(25)23-9-7-15(8-10-23)14-5-3-2-4-6-14/h2-7,11H,8-10,12-13H2,1H3,(H,21,22,24). The molecule has 2 aromatic rings. The van der Waals surface area contributed by atoms with Crippen LogP contribution in [0, 0.1) is 0 Å². The number of aromatic amines is 1. The highest BCUT2D eigenvalue weighted by molar-refractivity contribution is 7.99. The van der Waals surface area contributed by atoms with Gasteiger partial charge in [-0.25, -0.2) is 4.98 Å². The van der Waals surface area contributed by atoms with Crippen LogP contribution in [0.3, 0.4) is 0 Å². The molecule has 0 fully saturated rings. The first-order valence-electron chi connectivity index (χ1n) is 8.87. The summed E-state index contributed by atoms with van der Waals surface area (Å²) in [5.41, 5.74) is 2.39. The fraction of sp³-hybridized carbons (Fsp3) is 0.300. The molecule has 0 saturated carbocycles. The van der Waals surface area contributed by atoms with Gasteiger partial charge in [0.25, 0.3) is 5.56 Å². The normalized spacial score (nSPS) is 13.8. The summed E-state index contributed by atoms with van der Waals surface area (Å²) in [6.07, 6.45) is 2.81. The number of aromatic nitrogens is 2. The molecule has 1 N–H and O–H groups in total. The molecule has 2 heterocycles. The summed E-state index contributed by atoms with van der Waals surface area (Å²) in [7, 11) is 1.28. The number of amides is 1. The van der Waals surface area contributed by atoms with Crippen LogP contribution in [0.15, 0.2) is 52.4 Å². The molecular formula is C20H21N3O4S. The van der Waals surface area contributed by atoms with Gasteiger partial charge in [0.15, 0.2) is 5.16 Å². The van der Waals surface area contributed by atoms with Crippen LogP contribution in [0.25, 0.3) is 5.57 Å². The van der Waals surface area contributed by atoms with Crippen molar-refractivity contribution in [2.45, 2.75) is 18.0 Å². The number of hydrogen-bond donors (Lipinski definition) is 1. The Balaban J connectivity index is 1.57. The number of rotatable bonds is 6. The molecule has 28 heavy (non-hydrogen) atoms. The van der Waals surface area contributed by atoms with Crippen molar-refractivity contribution in [1.82, 2.24) is 14.9 Å². The van der Waals surface area contributed by atoms with Gasteiger partial charge in [-0.2, -0.15) is 0 Å². The number of esters is 1. The van der Waals surface area contributed by atoms with Crippen molar-refractivity contribution < 1.29 is 14.3 Å². The Morgan fingerprint density at radius 1 is 1.29 bits per heavy atom. The molecule has 0 spiro atoms. The maximum absolute atomic E-state index is 12.5. The zero-order chi connectivity index (χ0) is 19.9. The number of ether oxygens (including phenoxy) is 1. The Labute approximate surface area is 166 Å². The maximum atomic E-state index is 12.5.